The van der Waals surface area contributed by atoms with E-state index in [1.165, 1.54) is 22.8 Å². The number of aromatic nitrogens is 2. The maximum atomic E-state index is 13.9. The van der Waals surface area contributed by atoms with Crippen LogP contribution in [0.3, 0.4) is 0 Å². The van der Waals surface area contributed by atoms with Gasteiger partial charge in [0.2, 0.25) is 5.91 Å². The molecule has 14 nitrogen and oxygen atoms in total. The SMILES string of the molecule is CC(=O)NN1C(=O)c2c(c3c4cccc(O)c4n([C@@H]4O[C@H](CO)[C@@H](O)[C@H](O)[C@H]4O)c3c3[nH]c4c(O)cccc4c23)C1=O. The number of aliphatic hydroxyl groups excluding tert-OH is 4. The first kappa shape index (κ1) is 26.2. The number of hydrogen-bond donors (Lipinski definition) is 8. The highest BCUT2D eigenvalue weighted by atomic mass is 16.6. The van der Waals surface area contributed by atoms with E-state index < -0.39 is 55.0 Å². The van der Waals surface area contributed by atoms with E-state index in [1.807, 2.05) is 0 Å². The summed E-state index contributed by atoms with van der Waals surface area (Å²) < 4.78 is 7.22. The van der Waals surface area contributed by atoms with Gasteiger partial charge in [0.25, 0.3) is 11.8 Å². The zero-order valence-corrected chi connectivity index (χ0v) is 21.8. The number of fused-ring (bicyclic) bond motifs is 10. The molecule has 7 rings (SSSR count). The molecule has 0 aliphatic carbocycles. The average Bonchev–Trinajstić information content (AvgIpc) is 3.58. The number of hydrogen-bond acceptors (Lipinski definition) is 10. The molecule has 2 aromatic heterocycles. The van der Waals surface area contributed by atoms with Crippen molar-refractivity contribution in [1.82, 2.24) is 20.0 Å². The second-order valence-electron chi connectivity index (χ2n) is 10.4. The van der Waals surface area contributed by atoms with Crippen LogP contribution in [0.1, 0.15) is 33.9 Å². The van der Waals surface area contributed by atoms with E-state index in [0.717, 1.165) is 6.92 Å². The smallest absolute Gasteiger partial charge is 0.281 e. The van der Waals surface area contributed by atoms with Crippen molar-refractivity contribution in [2.45, 2.75) is 37.6 Å². The zero-order valence-electron chi connectivity index (χ0n) is 21.8. The highest BCUT2D eigenvalue weighted by molar-refractivity contribution is 6.39. The Bertz CT molecular complexity index is 2010. The summed E-state index contributed by atoms with van der Waals surface area (Å²) in [7, 11) is 0. The van der Waals surface area contributed by atoms with Crippen molar-refractivity contribution in [1.29, 1.82) is 0 Å². The van der Waals surface area contributed by atoms with Gasteiger partial charge in [-0.3, -0.25) is 19.8 Å². The topological polar surface area (TPSA) is 218 Å². The van der Waals surface area contributed by atoms with Gasteiger partial charge >= 0.3 is 0 Å². The summed E-state index contributed by atoms with van der Waals surface area (Å²) >= 11 is 0. The first-order chi connectivity index (χ1) is 20.1. The summed E-state index contributed by atoms with van der Waals surface area (Å²) in [5.41, 5.74) is 2.70. The minimum Gasteiger partial charge on any atom is -0.506 e. The van der Waals surface area contributed by atoms with E-state index in [1.54, 1.807) is 18.2 Å². The van der Waals surface area contributed by atoms with Crippen LogP contribution in [0.5, 0.6) is 11.5 Å². The van der Waals surface area contributed by atoms with E-state index in [0.29, 0.717) is 10.4 Å². The molecule has 4 heterocycles. The van der Waals surface area contributed by atoms with E-state index in [4.69, 9.17) is 4.74 Å². The highest BCUT2D eigenvalue weighted by Gasteiger charge is 2.47. The molecule has 3 amide bonds. The zero-order chi connectivity index (χ0) is 29.8. The fourth-order valence-electron chi connectivity index (χ4n) is 6.29. The van der Waals surface area contributed by atoms with Crippen molar-refractivity contribution in [3.8, 4) is 11.5 Å². The molecular weight excluding hydrogens is 552 g/mol. The standard InChI is InChI=1S/C28H24N4O10/c1-9(34)30-32-26(40)17-15-10-4-2-6-12(35)19(10)29-20(15)22-16(18(17)27(32)41)11-5-3-7-13(36)21(11)31(22)28-25(39)24(38)23(37)14(8-33)42-28/h2-7,14,23-25,28-29,33,35-39H,8H2,1H3,(H,30,34)/t14-,23-,24+,25-,28-/m1/s1. The Morgan fingerprint density at radius 2 is 1.52 bits per heavy atom. The molecule has 14 heteroatoms. The van der Waals surface area contributed by atoms with Gasteiger partial charge in [-0.2, -0.15) is 5.01 Å². The molecule has 2 aliphatic heterocycles. The first-order valence-electron chi connectivity index (χ1n) is 13.0. The van der Waals surface area contributed by atoms with Crippen molar-refractivity contribution in [3.05, 3.63) is 47.5 Å². The lowest BCUT2D eigenvalue weighted by molar-refractivity contribution is -0.249. The molecule has 5 aromatic rings. The molecule has 42 heavy (non-hydrogen) atoms. The van der Waals surface area contributed by atoms with Crippen LogP contribution in [0, 0.1) is 0 Å². The number of aliphatic hydroxyl groups is 4. The molecule has 0 radical (unpaired) electrons. The normalized spacial score (nSPS) is 24.4. The number of H-pyrrole nitrogens is 1. The molecule has 5 atom stereocenters. The quantitative estimate of drug-likeness (QED) is 0.139. The van der Waals surface area contributed by atoms with Crippen molar-refractivity contribution < 1.29 is 49.8 Å². The summed E-state index contributed by atoms with van der Waals surface area (Å²) in [6, 6.07) is 9.03. The molecule has 2 aliphatic rings. The summed E-state index contributed by atoms with van der Waals surface area (Å²) in [4.78, 5) is 42.7. The molecule has 0 spiro atoms. The summed E-state index contributed by atoms with van der Waals surface area (Å²) in [5, 5.41) is 65.5. The maximum absolute atomic E-state index is 13.9. The number of imide groups is 1. The van der Waals surface area contributed by atoms with Crippen LogP contribution in [0.25, 0.3) is 43.6 Å². The van der Waals surface area contributed by atoms with Gasteiger partial charge in [-0.15, -0.1) is 0 Å². The maximum Gasteiger partial charge on any atom is 0.281 e. The second kappa shape index (κ2) is 8.88. The van der Waals surface area contributed by atoms with E-state index in [2.05, 4.69) is 10.4 Å². The Labute approximate surface area is 234 Å². The Balaban J connectivity index is 1.71. The fourth-order valence-corrected chi connectivity index (χ4v) is 6.29. The number of aromatic hydroxyl groups is 2. The number of carbonyl (C=O) groups excluding carboxylic acids is 3. The third-order valence-electron chi connectivity index (χ3n) is 8.03. The van der Waals surface area contributed by atoms with Crippen LogP contribution in [-0.2, 0) is 9.53 Å². The summed E-state index contributed by atoms with van der Waals surface area (Å²) in [6.07, 6.45) is -8.04. The van der Waals surface area contributed by atoms with Crippen molar-refractivity contribution in [2.24, 2.45) is 0 Å². The lowest BCUT2D eigenvalue weighted by Gasteiger charge is -2.41. The van der Waals surface area contributed by atoms with Gasteiger partial charge < -0.3 is 44.9 Å². The van der Waals surface area contributed by atoms with Crippen molar-refractivity contribution in [3.63, 3.8) is 0 Å². The predicted octanol–water partition coefficient (Wildman–Crippen LogP) is 0.460. The number of hydrazine groups is 1. The third-order valence-corrected chi connectivity index (χ3v) is 8.03. The van der Waals surface area contributed by atoms with Gasteiger partial charge in [-0.25, -0.2) is 0 Å². The number of carbonyl (C=O) groups is 3. The number of phenolic OH excluding ortho intramolecular Hbond substituents is 2. The van der Waals surface area contributed by atoms with E-state index in [9.17, 15) is 45.0 Å². The monoisotopic (exact) mass is 576 g/mol. The predicted molar refractivity (Wildman–Crippen MR) is 145 cm³/mol. The van der Waals surface area contributed by atoms with Gasteiger partial charge in [0.1, 0.15) is 35.9 Å². The molecule has 0 saturated carbocycles. The van der Waals surface area contributed by atoms with Gasteiger partial charge in [0.05, 0.1) is 39.8 Å². The molecule has 3 aromatic carbocycles. The van der Waals surface area contributed by atoms with Gasteiger partial charge in [-0.05, 0) is 12.1 Å². The minimum atomic E-state index is -1.78. The molecule has 1 fully saturated rings. The van der Waals surface area contributed by atoms with E-state index in [-0.39, 0.29) is 60.9 Å². The second-order valence-corrected chi connectivity index (χ2v) is 10.4. The van der Waals surface area contributed by atoms with Crippen LogP contribution in [0.15, 0.2) is 36.4 Å². The molecule has 8 N–H and O–H groups in total. The number of phenols is 2. The highest BCUT2D eigenvalue weighted by Crippen LogP contribution is 2.49. The molecule has 216 valence electrons. The minimum absolute atomic E-state index is 0.0487. The first-order valence-corrected chi connectivity index (χ1v) is 13.0. The lowest BCUT2D eigenvalue weighted by atomic mass is 9.96. The number of nitrogens with one attached hydrogen (secondary N) is 2. The van der Waals surface area contributed by atoms with Gasteiger partial charge in [-0.1, -0.05) is 24.3 Å². The van der Waals surface area contributed by atoms with Crippen molar-refractivity contribution in [2.75, 3.05) is 6.61 Å². The van der Waals surface area contributed by atoms with Crippen LogP contribution in [0.2, 0.25) is 0 Å². The Morgan fingerprint density at radius 1 is 0.881 bits per heavy atom. The molecule has 1 saturated heterocycles. The number of aromatic amines is 1. The largest absolute Gasteiger partial charge is 0.506 e. The van der Waals surface area contributed by atoms with Gasteiger partial charge in [0, 0.05) is 28.5 Å². The fraction of sp³-hybridized carbons (Fsp3) is 0.250. The molecule has 0 bridgehead atoms. The Hall–Kier alpha value is -4.73. The van der Waals surface area contributed by atoms with E-state index >= 15 is 0 Å². The Kier molecular flexibility index (Phi) is 5.54. The Morgan fingerprint density at radius 3 is 2.19 bits per heavy atom. The van der Waals surface area contributed by atoms with Gasteiger partial charge in [0.15, 0.2) is 6.23 Å². The van der Waals surface area contributed by atoms with Crippen LogP contribution >= 0.6 is 0 Å². The number of amides is 3. The number of ether oxygens (including phenoxy) is 1. The number of nitrogens with zero attached hydrogens (tertiary/aromatic N) is 2. The number of para-hydroxylation sites is 2. The third kappa shape index (κ3) is 3.23. The van der Waals surface area contributed by atoms with Crippen LogP contribution in [0.4, 0.5) is 0 Å². The van der Waals surface area contributed by atoms with Crippen molar-refractivity contribution >= 4 is 61.3 Å². The van der Waals surface area contributed by atoms with Crippen LogP contribution in [-0.4, -0.2) is 93.9 Å². The van der Waals surface area contributed by atoms with Crippen LogP contribution < -0.4 is 5.43 Å². The summed E-state index contributed by atoms with van der Waals surface area (Å²) in [5.74, 6) is -2.83. The number of benzene rings is 3. The molecule has 0 unspecified atom stereocenters. The lowest BCUT2D eigenvalue weighted by Crippen LogP contribution is -2.56. The average molecular weight is 577 g/mol. The molecular formula is C28H24N4O10. The number of rotatable bonds is 3. The summed E-state index contributed by atoms with van der Waals surface area (Å²) in [6.45, 7) is 0.426.